The molecule has 0 radical (unpaired) electrons. The molecule has 6 heteroatoms. The van der Waals surface area contributed by atoms with Crippen LogP contribution in [-0.2, 0) is 4.74 Å². The molecule has 98 valence electrons. The first kappa shape index (κ1) is 13.7. The highest BCUT2D eigenvalue weighted by Crippen LogP contribution is 2.23. The van der Waals surface area contributed by atoms with Crippen molar-refractivity contribution in [2.45, 2.75) is 45.8 Å². The normalized spacial score (nSPS) is 22.4. The van der Waals surface area contributed by atoms with Crippen molar-refractivity contribution in [1.29, 1.82) is 0 Å². The summed E-state index contributed by atoms with van der Waals surface area (Å²) in [6.45, 7) is 7.95. The van der Waals surface area contributed by atoms with Gasteiger partial charge in [0.15, 0.2) is 0 Å². The molecule has 0 aromatic heterocycles. The number of ether oxygens (including phenoxy) is 1. The first-order chi connectivity index (χ1) is 7.70. The minimum absolute atomic E-state index is 0.0717. The molecule has 0 spiro atoms. The lowest BCUT2D eigenvalue weighted by Crippen LogP contribution is -2.36. The molecule has 1 amide bonds. The summed E-state index contributed by atoms with van der Waals surface area (Å²) in [5.74, 6) is -0.0717. The summed E-state index contributed by atoms with van der Waals surface area (Å²) >= 11 is 0. The average Bonchev–Trinajstić information content (AvgIpc) is 2.62. The summed E-state index contributed by atoms with van der Waals surface area (Å²) in [6.07, 6.45) is 0.289. The van der Waals surface area contributed by atoms with E-state index in [1.54, 1.807) is 32.6 Å². The van der Waals surface area contributed by atoms with Crippen LogP contribution in [0.15, 0.2) is 0 Å². The fourth-order valence-corrected chi connectivity index (χ4v) is 1.85. The number of amides is 1. The molecular formula is C11H20N2O4. The maximum Gasteiger partial charge on any atom is 0.410 e. The molecule has 2 atom stereocenters. The number of nitro groups is 1. The Labute approximate surface area is 101 Å². The summed E-state index contributed by atoms with van der Waals surface area (Å²) in [5.41, 5.74) is -0.524. The zero-order chi connectivity index (χ0) is 13.2. The van der Waals surface area contributed by atoms with Crippen LogP contribution in [0.4, 0.5) is 4.79 Å². The van der Waals surface area contributed by atoms with Crippen LogP contribution in [0.2, 0.25) is 0 Å². The smallest absolute Gasteiger partial charge is 0.410 e. The Balaban J connectivity index is 2.50. The Bertz CT molecular complexity index is 311. The third kappa shape index (κ3) is 3.87. The molecule has 0 aromatic rings. The summed E-state index contributed by atoms with van der Waals surface area (Å²) < 4.78 is 5.23. The van der Waals surface area contributed by atoms with Crippen molar-refractivity contribution < 1.29 is 14.5 Å². The molecule has 1 rings (SSSR count). The Hall–Kier alpha value is -1.33. The SMILES string of the molecule is CC(C1CCN(C(=O)OC(C)(C)C)C1)[N+](=O)[O-]. The van der Waals surface area contributed by atoms with E-state index in [9.17, 15) is 14.9 Å². The van der Waals surface area contributed by atoms with Crippen LogP contribution in [0, 0.1) is 16.0 Å². The number of rotatable bonds is 2. The van der Waals surface area contributed by atoms with Gasteiger partial charge in [0.05, 0.1) is 0 Å². The standard InChI is InChI=1S/C11H20N2O4/c1-8(13(15)16)9-5-6-12(7-9)10(14)17-11(2,3)4/h8-9H,5-7H2,1-4H3. The highest BCUT2D eigenvalue weighted by Gasteiger charge is 2.36. The van der Waals surface area contributed by atoms with Gasteiger partial charge in [0.25, 0.3) is 0 Å². The summed E-state index contributed by atoms with van der Waals surface area (Å²) in [6, 6.07) is -0.609. The van der Waals surface area contributed by atoms with Gasteiger partial charge in [-0.25, -0.2) is 4.79 Å². The Kier molecular flexibility index (Phi) is 3.95. The van der Waals surface area contributed by atoms with E-state index in [0.717, 1.165) is 0 Å². The van der Waals surface area contributed by atoms with Gasteiger partial charge >= 0.3 is 6.09 Å². The van der Waals surface area contributed by atoms with Crippen LogP contribution >= 0.6 is 0 Å². The van der Waals surface area contributed by atoms with Crippen LogP contribution < -0.4 is 0 Å². The van der Waals surface area contributed by atoms with E-state index in [4.69, 9.17) is 4.74 Å². The number of hydrogen-bond acceptors (Lipinski definition) is 4. The van der Waals surface area contributed by atoms with E-state index < -0.39 is 11.6 Å². The van der Waals surface area contributed by atoms with Crippen LogP contribution in [0.25, 0.3) is 0 Å². The lowest BCUT2D eigenvalue weighted by molar-refractivity contribution is -0.526. The molecule has 17 heavy (non-hydrogen) atoms. The number of nitrogens with zero attached hydrogens (tertiary/aromatic N) is 2. The molecule has 0 N–H and O–H groups in total. The van der Waals surface area contributed by atoms with Gasteiger partial charge in [-0.05, 0) is 27.2 Å². The molecule has 6 nitrogen and oxygen atoms in total. The number of carbonyl (C=O) groups excluding carboxylic acids is 1. The second kappa shape index (κ2) is 4.89. The zero-order valence-electron chi connectivity index (χ0n) is 10.8. The van der Waals surface area contributed by atoms with Gasteiger partial charge in [-0.15, -0.1) is 0 Å². The van der Waals surface area contributed by atoms with Crippen LogP contribution in [0.3, 0.4) is 0 Å². The van der Waals surface area contributed by atoms with Gasteiger partial charge in [-0.3, -0.25) is 10.1 Å². The zero-order valence-corrected chi connectivity index (χ0v) is 10.8. The third-order valence-corrected chi connectivity index (χ3v) is 2.89. The maximum atomic E-state index is 11.7. The van der Waals surface area contributed by atoms with Crippen molar-refractivity contribution in [3.63, 3.8) is 0 Å². The summed E-state index contributed by atoms with van der Waals surface area (Å²) in [4.78, 5) is 23.7. The van der Waals surface area contributed by atoms with E-state index in [2.05, 4.69) is 0 Å². The molecule has 0 bridgehead atoms. The fourth-order valence-electron chi connectivity index (χ4n) is 1.85. The molecule has 1 aliphatic heterocycles. The van der Waals surface area contributed by atoms with Crippen molar-refractivity contribution in [3.8, 4) is 0 Å². The van der Waals surface area contributed by atoms with E-state index in [1.807, 2.05) is 0 Å². The average molecular weight is 244 g/mol. The van der Waals surface area contributed by atoms with Crippen LogP contribution in [0.1, 0.15) is 34.1 Å². The highest BCUT2D eigenvalue weighted by atomic mass is 16.6. The minimum Gasteiger partial charge on any atom is -0.444 e. The molecule has 1 aliphatic rings. The number of hydrogen-bond donors (Lipinski definition) is 0. The molecule has 0 aromatic carbocycles. The Morgan fingerprint density at radius 1 is 1.53 bits per heavy atom. The van der Waals surface area contributed by atoms with Crippen molar-refractivity contribution in [2.24, 2.45) is 5.92 Å². The fraction of sp³-hybridized carbons (Fsp3) is 0.909. The second-order valence-corrected chi connectivity index (χ2v) is 5.50. The molecule has 0 saturated carbocycles. The van der Waals surface area contributed by atoms with Crippen LogP contribution in [-0.4, -0.2) is 40.6 Å². The molecule has 1 fully saturated rings. The van der Waals surface area contributed by atoms with Gasteiger partial charge in [-0.1, -0.05) is 0 Å². The van der Waals surface area contributed by atoms with E-state index in [-0.39, 0.29) is 16.9 Å². The van der Waals surface area contributed by atoms with Gasteiger partial charge in [0, 0.05) is 30.9 Å². The van der Waals surface area contributed by atoms with Gasteiger partial charge in [-0.2, -0.15) is 0 Å². The topological polar surface area (TPSA) is 72.7 Å². The number of likely N-dealkylation sites (tertiary alicyclic amines) is 1. The van der Waals surface area contributed by atoms with E-state index >= 15 is 0 Å². The van der Waals surface area contributed by atoms with Gasteiger partial charge < -0.3 is 9.64 Å². The second-order valence-electron chi connectivity index (χ2n) is 5.50. The predicted molar refractivity (Wildman–Crippen MR) is 62.4 cm³/mol. The predicted octanol–water partition coefficient (Wildman–Crippen LogP) is 1.91. The van der Waals surface area contributed by atoms with Gasteiger partial charge in [0.2, 0.25) is 6.04 Å². The highest BCUT2D eigenvalue weighted by molar-refractivity contribution is 5.68. The molecule has 1 saturated heterocycles. The minimum atomic E-state index is -0.609. The van der Waals surface area contributed by atoms with Gasteiger partial charge in [0.1, 0.15) is 5.60 Å². The summed E-state index contributed by atoms with van der Waals surface area (Å²) in [5, 5.41) is 10.7. The van der Waals surface area contributed by atoms with Crippen LogP contribution in [0.5, 0.6) is 0 Å². The van der Waals surface area contributed by atoms with Crippen molar-refractivity contribution in [2.75, 3.05) is 13.1 Å². The lowest BCUT2D eigenvalue weighted by atomic mass is 10.0. The van der Waals surface area contributed by atoms with Crippen molar-refractivity contribution in [1.82, 2.24) is 4.90 Å². The monoisotopic (exact) mass is 244 g/mol. The first-order valence-electron chi connectivity index (χ1n) is 5.82. The Morgan fingerprint density at radius 2 is 2.12 bits per heavy atom. The maximum absolute atomic E-state index is 11.7. The third-order valence-electron chi connectivity index (χ3n) is 2.89. The quantitative estimate of drug-likeness (QED) is 0.549. The molecule has 0 aliphatic carbocycles. The molecule has 2 unspecified atom stereocenters. The lowest BCUT2D eigenvalue weighted by Gasteiger charge is -2.24. The summed E-state index contributed by atoms with van der Waals surface area (Å²) in [7, 11) is 0. The largest absolute Gasteiger partial charge is 0.444 e. The van der Waals surface area contributed by atoms with E-state index in [1.165, 1.54) is 0 Å². The number of carbonyl (C=O) groups is 1. The first-order valence-corrected chi connectivity index (χ1v) is 5.82. The van der Waals surface area contributed by atoms with Crippen molar-refractivity contribution in [3.05, 3.63) is 10.1 Å². The van der Waals surface area contributed by atoms with E-state index in [0.29, 0.717) is 19.5 Å². The molecule has 1 heterocycles. The van der Waals surface area contributed by atoms with Crippen molar-refractivity contribution >= 4 is 6.09 Å². The Morgan fingerprint density at radius 3 is 2.59 bits per heavy atom. The molecular weight excluding hydrogens is 224 g/mol.